The van der Waals surface area contributed by atoms with Crippen molar-refractivity contribution >= 4 is 5.91 Å². The maximum absolute atomic E-state index is 12.9. The maximum atomic E-state index is 12.9. The molecule has 0 atom stereocenters. The SMILES string of the molecule is O=C(c1cc(C2CC2)on1)N(Cc1ccccc1)Cc1ccco1. The molecule has 1 aliphatic rings. The van der Waals surface area contributed by atoms with Gasteiger partial charge in [-0.05, 0) is 30.5 Å². The Labute approximate surface area is 139 Å². The summed E-state index contributed by atoms with van der Waals surface area (Å²) in [5.41, 5.74) is 1.42. The molecule has 0 spiro atoms. The number of rotatable bonds is 6. The minimum atomic E-state index is -0.147. The van der Waals surface area contributed by atoms with Crippen LogP contribution in [-0.2, 0) is 13.1 Å². The highest BCUT2D eigenvalue weighted by Crippen LogP contribution is 2.40. The van der Waals surface area contributed by atoms with Crippen molar-refractivity contribution in [3.05, 3.63) is 77.6 Å². The second-order valence-corrected chi connectivity index (χ2v) is 6.11. The van der Waals surface area contributed by atoms with Crippen molar-refractivity contribution in [2.75, 3.05) is 0 Å². The normalized spacial score (nSPS) is 13.8. The zero-order valence-corrected chi connectivity index (χ0v) is 13.2. The van der Waals surface area contributed by atoms with E-state index in [1.165, 1.54) is 0 Å². The molecule has 0 N–H and O–H groups in total. The lowest BCUT2D eigenvalue weighted by Gasteiger charge is -2.20. The fourth-order valence-electron chi connectivity index (χ4n) is 2.71. The molecule has 1 saturated carbocycles. The molecule has 0 bridgehead atoms. The number of nitrogens with zero attached hydrogens (tertiary/aromatic N) is 2. The van der Waals surface area contributed by atoms with E-state index in [1.807, 2.05) is 42.5 Å². The highest BCUT2D eigenvalue weighted by Gasteiger charge is 2.30. The van der Waals surface area contributed by atoms with Gasteiger partial charge >= 0.3 is 0 Å². The van der Waals surface area contributed by atoms with Gasteiger partial charge in [-0.1, -0.05) is 35.5 Å². The van der Waals surface area contributed by atoms with Crippen molar-refractivity contribution in [2.45, 2.75) is 31.8 Å². The molecule has 122 valence electrons. The molecule has 2 aromatic heterocycles. The topological polar surface area (TPSA) is 59.5 Å². The third-order valence-electron chi connectivity index (χ3n) is 4.16. The van der Waals surface area contributed by atoms with Crippen LogP contribution in [0.15, 0.2) is 63.7 Å². The quantitative estimate of drug-likeness (QED) is 0.688. The fourth-order valence-corrected chi connectivity index (χ4v) is 2.71. The van der Waals surface area contributed by atoms with Gasteiger partial charge in [0.25, 0.3) is 5.91 Å². The second kappa shape index (κ2) is 6.35. The first-order chi connectivity index (χ1) is 11.8. The van der Waals surface area contributed by atoms with Gasteiger partial charge in [-0.25, -0.2) is 0 Å². The summed E-state index contributed by atoms with van der Waals surface area (Å²) in [6.07, 6.45) is 3.84. The number of hydrogen-bond donors (Lipinski definition) is 0. The van der Waals surface area contributed by atoms with Gasteiger partial charge in [-0.2, -0.15) is 0 Å². The third kappa shape index (κ3) is 3.25. The third-order valence-corrected chi connectivity index (χ3v) is 4.16. The molecule has 1 fully saturated rings. The first-order valence-corrected chi connectivity index (χ1v) is 8.12. The minimum Gasteiger partial charge on any atom is -0.467 e. The van der Waals surface area contributed by atoms with Gasteiger partial charge in [0.15, 0.2) is 5.69 Å². The van der Waals surface area contributed by atoms with Gasteiger partial charge in [0, 0.05) is 18.5 Å². The van der Waals surface area contributed by atoms with Crippen LogP contribution >= 0.6 is 0 Å². The van der Waals surface area contributed by atoms with Crippen molar-refractivity contribution < 1.29 is 13.7 Å². The molecule has 2 heterocycles. The van der Waals surface area contributed by atoms with E-state index in [4.69, 9.17) is 8.94 Å². The van der Waals surface area contributed by atoms with Crippen molar-refractivity contribution in [1.82, 2.24) is 10.1 Å². The predicted octanol–water partition coefficient (Wildman–Crippen LogP) is 3.99. The predicted molar refractivity (Wildman–Crippen MR) is 87.2 cm³/mol. The molecule has 0 aliphatic heterocycles. The molecular weight excluding hydrogens is 304 g/mol. The Balaban J connectivity index is 1.56. The summed E-state index contributed by atoms with van der Waals surface area (Å²) in [5, 5.41) is 3.97. The molecule has 0 radical (unpaired) electrons. The summed E-state index contributed by atoms with van der Waals surface area (Å²) < 4.78 is 10.7. The number of benzene rings is 1. The van der Waals surface area contributed by atoms with Crippen LogP contribution in [0, 0.1) is 0 Å². The van der Waals surface area contributed by atoms with Gasteiger partial charge in [-0.15, -0.1) is 0 Å². The van der Waals surface area contributed by atoms with E-state index in [2.05, 4.69) is 5.16 Å². The number of hydrogen-bond acceptors (Lipinski definition) is 4. The summed E-state index contributed by atoms with van der Waals surface area (Å²) >= 11 is 0. The zero-order chi connectivity index (χ0) is 16.4. The van der Waals surface area contributed by atoms with Gasteiger partial charge in [0.05, 0.1) is 12.8 Å². The van der Waals surface area contributed by atoms with Gasteiger partial charge < -0.3 is 13.8 Å². The van der Waals surface area contributed by atoms with Crippen LogP contribution in [-0.4, -0.2) is 16.0 Å². The Hall–Kier alpha value is -2.82. The highest BCUT2D eigenvalue weighted by molar-refractivity contribution is 5.92. The van der Waals surface area contributed by atoms with Crippen LogP contribution < -0.4 is 0 Å². The minimum absolute atomic E-state index is 0.147. The smallest absolute Gasteiger partial charge is 0.276 e. The lowest BCUT2D eigenvalue weighted by molar-refractivity contribution is 0.0707. The average Bonchev–Trinajstić information content (AvgIpc) is 3.11. The standard InChI is InChI=1S/C19H18N2O3/c22-19(17-11-18(24-20-17)15-8-9-15)21(13-16-7-4-10-23-16)12-14-5-2-1-3-6-14/h1-7,10-11,15H,8-9,12-13H2. The van der Waals surface area contributed by atoms with Crippen LogP contribution in [0.3, 0.4) is 0 Å². The van der Waals surface area contributed by atoms with E-state index < -0.39 is 0 Å². The fraction of sp³-hybridized carbons (Fsp3) is 0.263. The van der Waals surface area contributed by atoms with Crippen molar-refractivity contribution in [3.63, 3.8) is 0 Å². The largest absolute Gasteiger partial charge is 0.467 e. The molecule has 3 aromatic rings. The van der Waals surface area contributed by atoms with Gasteiger partial charge in [0.2, 0.25) is 0 Å². The van der Waals surface area contributed by atoms with Crippen molar-refractivity contribution in [3.8, 4) is 0 Å². The maximum Gasteiger partial charge on any atom is 0.276 e. The molecule has 4 rings (SSSR count). The van der Waals surface area contributed by atoms with E-state index >= 15 is 0 Å². The summed E-state index contributed by atoms with van der Waals surface area (Å²) in [5.74, 6) is 1.85. The number of furan rings is 1. The zero-order valence-electron chi connectivity index (χ0n) is 13.2. The summed E-state index contributed by atoms with van der Waals surface area (Å²) in [6, 6.07) is 15.4. The van der Waals surface area contributed by atoms with Crippen LogP contribution in [0.1, 0.15) is 46.3 Å². The number of carbonyl (C=O) groups is 1. The van der Waals surface area contributed by atoms with E-state index in [9.17, 15) is 4.79 Å². The monoisotopic (exact) mass is 322 g/mol. The molecule has 1 aromatic carbocycles. The molecule has 0 unspecified atom stereocenters. The lowest BCUT2D eigenvalue weighted by Crippen LogP contribution is -2.30. The van der Waals surface area contributed by atoms with Crippen LogP contribution in [0.2, 0.25) is 0 Å². The Bertz CT molecular complexity index is 804. The Morgan fingerprint density at radius 1 is 1.12 bits per heavy atom. The molecule has 0 saturated heterocycles. The summed E-state index contributed by atoms with van der Waals surface area (Å²) in [4.78, 5) is 14.6. The first kappa shape index (κ1) is 14.8. The van der Waals surface area contributed by atoms with Crippen LogP contribution in [0.25, 0.3) is 0 Å². The van der Waals surface area contributed by atoms with E-state index in [0.29, 0.717) is 24.7 Å². The highest BCUT2D eigenvalue weighted by atomic mass is 16.5. The number of carbonyl (C=O) groups excluding carboxylic acids is 1. The average molecular weight is 322 g/mol. The van der Waals surface area contributed by atoms with Crippen LogP contribution in [0.5, 0.6) is 0 Å². The second-order valence-electron chi connectivity index (χ2n) is 6.11. The molecule has 1 amide bonds. The number of amides is 1. The van der Waals surface area contributed by atoms with Gasteiger partial charge in [0.1, 0.15) is 11.5 Å². The van der Waals surface area contributed by atoms with Crippen molar-refractivity contribution in [1.29, 1.82) is 0 Å². The molecule has 5 heteroatoms. The molecule has 24 heavy (non-hydrogen) atoms. The number of aromatic nitrogens is 1. The first-order valence-electron chi connectivity index (χ1n) is 8.12. The van der Waals surface area contributed by atoms with Gasteiger partial charge in [-0.3, -0.25) is 4.79 Å². The molecule has 1 aliphatic carbocycles. The Morgan fingerprint density at radius 2 is 1.96 bits per heavy atom. The van der Waals surface area contributed by atoms with E-state index in [-0.39, 0.29) is 5.91 Å². The Morgan fingerprint density at radius 3 is 2.67 bits per heavy atom. The van der Waals surface area contributed by atoms with E-state index in [1.54, 1.807) is 17.2 Å². The lowest BCUT2D eigenvalue weighted by atomic mass is 10.2. The summed E-state index contributed by atoms with van der Waals surface area (Å²) in [7, 11) is 0. The molecule has 5 nitrogen and oxygen atoms in total. The Kier molecular flexibility index (Phi) is 3.91. The van der Waals surface area contributed by atoms with E-state index in [0.717, 1.165) is 29.9 Å². The van der Waals surface area contributed by atoms with Crippen LogP contribution in [0.4, 0.5) is 0 Å². The summed E-state index contributed by atoms with van der Waals surface area (Å²) in [6.45, 7) is 0.887. The van der Waals surface area contributed by atoms with Crippen molar-refractivity contribution in [2.24, 2.45) is 0 Å². The molecular formula is C19H18N2O3.